The number of nitrogens with zero attached hydrogens (tertiary/aromatic N) is 2. The average Bonchev–Trinajstić information content (AvgIpc) is 2.89. The van der Waals surface area contributed by atoms with Gasteiger partial charge in [0.15, 0.2) is 0 Å². The number of likely N-dealkylation sites (N-methyl/N-ethyl adjacent to an activating group) is 1. The Kier molecular flexibility index (Phi) is 3.89. The Morgan fingerprint density at radius 1 is 1.35 bits per heavy atom. The largest absolute Gasteiger partial charge is 0.357 e. The van der Waals surface area contributed by atoms with E-state index < -0.39 is 0 Å². The van der Waals surface area contributed by atoms with Crippen molar-refractivity contribution in [1.82, 2.24) is 14.8 Å². The predicted molar refractivity (Wildman–Crippen MR) is 72.0 cm³/mol. The predicted octanol–water partition coefficient (Wildman–Crippen LogP) is 1.99. The van der Waals surface area contributed by atoms with Gasteiger partial charge in [-0.15, -0.1) is 0 Å². The van der Waals surface area contributed by atoms with E-state index in [1.807, 2.05) is 0 Å². The summed E-state index contributed by atoms with van der Waals surface area (Å²) >= 11 is 0. The number of nitrogens with one attached hydrogen (secondary N) is 1. The highest BCUT2D eigenvalue weighted by Gasteiger charge is 2.35. The lowest BCUT2D eigenvalue weighted by molar-refractivity contribution is 0.153. The van der Waals surface area contributed by atoms with Crippen LogP contribution in [0.2, 0.25) is 0 Å². The third kappa shape index (κ3) is 2.90. The van der Waals surface area contributed by atoms with Gasteiger partial charge in [-0.3, -0.25) is 0 Å². The lowest BCUT2D eigenvalue weighted by Gasteiger charge is -2.36. The Labute approximate surface area is 105 Å². The van der Waals surface area contributed by atoms with Gasteiger partial charge in [0.2, 0.25) is 0 Å². The molecule has 0 saturated heterocycles. The minimum atomic E-state index is 0.398. The van der Waals surface area contributed by atoms with Crippen molar-refractivity contribution < 1.29 is 0 Å². The summed E-state index contributed by atoms with van der Waals surface area (Å²) in [6.07, 6.45) is 9.72. The molecule has 1 fully saturated rings. The quantitative estimate of drug-likeness (QED) is 0.842. The molecule has 0 bridgehead atoms. The van der Waals surface area contributed by atoms with Gasteiger partial charge in [0.1, 0.15) is 0 Å². The molecule has 3 heteroatoms. The van der Waals surface area contributed by atoms with E-state index in [-0.39, 0.29) is 0 Å². The summed E-state index contributed by atoms with van der Waals surface area (Å²) in [5.41, 5.74) is 1.77. The van der Waals surface area contributed by atoms with Crippen LogP contribution in [0.3, 0.4) is 0 Å². The first-order valence-corrected chi connectivity index (χ1v) is 6.61. The van der Waals surface area contributed by atoms with Crippen LogP contribution in [0, 0.1) is 0 Å². The van der Waals surface area contributed by atoms with Crippen LogP contribution in [0.25, 0.3) is 0 Å². The van der Waals surface area contributed by atoms with Gasteiger partial charge in [0, 0.05) is 38.1 Å². The fourth-order valence-corrected chi connectivity index (χ4v) is 2.92. The van der Waals surface area contributed by atoms with Crippen molar-refractivity contribution in [3.8, 4) is 0 Å². The van der Waals surface area contributed by atoms with Crippen molar-refractivity contribution in [3.05, 3.63) is 24.0 Å². The zero-order valence-corrected chi connectivity index (χ0v) is 11.4. The van der Waals surface area contributed by atoms with E-state index in [9.17, 15) is 0 Å². The summed E-state index contributed by atoms with van der Waals surface area (Å²) in [6.45, 7) is 2.09. The van der Waals surface area contributed by atoms with E-state index in [0.717, 1.165) is 13.1 Å². The molecular formula is C14H25N3. The number of aromatic nitrogens is 1. The molecule has 3 nitrogen and oxygen atoms in total. The van der Waals surface area contributed by atoms with Gasteiger partial charge in [0.05, 0.1) is 0 Å². The zero-order valence-electron chi connectivity index (χ0n) is 11.4. The van der Waals surface area contributed by atoms with Crippen LogP contribution >= 0.6 is 0 Å². The monoisotopic (exact) mass is 235 g/mol. The molecule has 1 aromatic rings. The molecule has 1 aromatic heterocycles. The van der Waals surface area contributed by atoms with Gasteiger partial charge in [-0.25, -0.2) is 0 Å². The van der Waals surface area contributed by atoms with E-state index in [0.29, 0.717) is 5.54 Å². The molecule has 0 spiro atoms. The molecule has 1 aliphatic rings. The van der Waals surface area contributed by atoms with Crippen molar-refractivity contribution in [2.75, 3.05) is 20.6 Å². The first kappa shape index (κ1) is 12.7. The summed E-state index contributed by atoms with van der Waals surface area (Å²) in [6, 6.07) is 2.18. The number of aryl methyl sites for hydroxylation is 1. The second-order valence-corrected chi connectivity index (χ2v) is 5.61. The number of hydrogen-bond donors (Lipinski definition) is 1. The highest BCUT2D eigenvalue weighted by molar-refractivity contribution is 5.09. The molecule has 0 atom stereocenters. The molecule has 0 amide bonds. The van der Waals surface area contributed by atoms with Crippen LogP contribution in [0.4, 0.5) is 0 Å². The average molecular weight is 235 g/mol. The van der Waals surface area contributed by atoms with Crippen LogP contribution in [0.15, 0.2) is 18.5 Å². The van der Waals surface area contributed by atoms with Crippen molar-refractivity contribution in [1.29, 1.82) is 0 Å². The Morgan fingerprint density at radius 2 is 2.06 bits per heavy atom. The molecule has 1 heterocycles. The zero-order chi connectivity index (χ0) is 12.3. The molecular weight excluding hydrogens is 210 g/mol. The minimum Gasteiger partial charge on any atom is -0.357 e. The molecule has 0 radical (unpaired) electrons. The van der Waals surface area contributed by atoms with Gasteiger partial charge in [0.25, 0.3) is 0 Å². The fourth-order valence-electron chi connectivity index (χ4n) is 2.92. The van der Waals surface area contributed by atoms with E-state index in [4.69, 9.17) is 0 Å². The summed E-state index contributed by atoms with van der Waals surface area (Å²) in [5.74, 6) is 0. The summed E-state index contributed by atoms with van der Waals surface area (Å²) in [7, 11) is 6.51. The number of hydrogen-bond acceptors (Lipinski definition) is 2. The van der Waals surface area contributed by atoms with Gasteiger partial charge in [-0.05, 0) is 38.6 Å². The normalized spacial score (nSPS) is 19.1. The van der Waals surface area contributed by atoms with Gasteiger partial charge >= 0.3 is 0 Å². The third-order valence-electron chi connectivity index (χ3n) is 4.16. The van der Waals surface area contributed by atoms with Crippen LogP contribution < -0.4 is 5.32 Å². The highest BCUT2D eigenvalue weighted by atomic mass is 15.2. The summed E-state index contributed by atoms with van der Waals surface area (Å²) in [4.78, 5) is 2.41. The van der Waals surface area contributed by atoms with E-state index in [1.54, 1.807) is 0 Å². The molecule has 1 saturated carbocycles. The second-order valence-electron chi connectivity index (χ2n) is 5.61. The van der Waals surface area contributed by atoms with E-state index in [2.05, 4.69) is 54.4 Å². The Morgan fingerprint density at radius 3 is 2.59 bits per heavy atom. The van der Waals surface area contributed by atoms with Crippen molar-refractivity contribution in [3.63, 3.8) is 0 Å². The standard InChI is InChI=1S/C14H25N3/c1-16(2)14(7-4-5-8-14)12-15-10-13-6-9-17(3)11-13/h6,9,11,15H,4-5,7-8,10,12H2,1-3H3. The summed E-state index contributed by atoms with van der Waals surface area (Å²) < 4.78 is 2.11. The van der Waals surface area contributed by atoms with Gasteiger partial charge in [-0.1, -0.05) is 12.8 Å². The van der Waals surface area contributed by atoms with Crippen molar-refractivity contribution >= 4 is 0 Å². The maximum absolute atomic E-state index is 3.62. The maximum Gasteiger partial charge on any atom is 0.0328 e. The first-order chi connectivity index (χ1) is 8.12. The molecule has 1 N–H and O–H groups in total. The van der Waals surface area contributed by atoms with Crippen LogP contribution in [-0.2, 0) is 13.6 Å². The molecule has 2 rings (SSSR count). The Balaban J connectivity index is 1.84. The van der Waals surface area contributed by atoms with E-state index >= 15 is 0 Å². The molecule has 0 aromatic carbocycles. The molecule has 0 aliphatic heterocycles. The van der Waals surface area contributed by atoms with Gasteiger partial charge in [-0.2, -0.15) is 0 Å². The third-order valence-corrected chi connectivity index (χ3v) is 4.16. The smallest absolute Gasteiger partial charge is 0.0328 e. The minimum absolute atomic E-state index is 0.398. The molecule has 0 unspecified atom stereocenters. The van der Waals surface area contributed by atoms with Crippen LogP contribution in [0.1, 0.15) is 31.2 Å². The molecule has 1 aliphatic carbocycles. The SMILES string of the molecule is CN(C)C1(CNCc2ccn(C)c2)CCCC1. The van der Waals surface area contributed by atoms with Crippen LogP contribution in [-0.4, -0.2) is 35.6 Å². The highest BCUT2D eigenvalue weighted by Crippen LogP contribution is 2.33. The summed E-state index contributed by atoms with van der Waals surface area (Å²) in [5, 5.41) is 3.62. The number of rotatable bonds is 5. The molecule has 17 heavy (non-hydrogen) atoms. The maximum atomic E-state index is 3.62. The van der Waals surface area contributed by atoms with E-state index in [1.165, 1.54) is 31.2 Å². The van der Waals surface area contributed by atoms with Crippen LogP contribution in [0.5, 0.6) is 0 Å². The Hall–Kier alpha value is -0.800. The first-order valence-electron chi connectivity index (χ1n) is 6.61. The second kappa shape index (κ2) is 5.23. The van der Waals surface area contributed by atoms with Gasteiger partial charge < -0.3 is 14.8 Å². The topological polar surface area (TPSA) is 20.2 Å². The Bertz CT molecular complexity index is 348. The molecule has 96 valence electrons. The lowest BCUT2D eigenvalue weighted by atomic mass is 9.96. The lowest BCUT2D eigenvalue weighted by Crippen LogP contribution is -2.49. The van der Waals surface area contributed by atoms with Crippen molar-refractivity contribution in [2.45, 2.75) is 37.8 Å². The fraction of sp³-hybridized carbons (Fsp3) is 0.714. The van der Waals surface area contributed by atoms with Crippen molar-refractivity contribution in [2.24, 2.45) is 7.05 Å².